The molecule has 0 bridgehead atoms. The fraction of sp³-hybridized carbons (Fsp3) is 0.160. The normalized spacial score (nSPS) is 12.0. The van der Waals surface area contributed by atoms with Crippen LogP contribution in [0.4, 0.5) is 29.2 Å². The van der Waals surface area contributed by atoms with Gasteiger partial charge in [-0.25, -0.2) is 35.9 Å². The second kappa shape index (κ2) is 9.43. The topological polar surface area (TPSA) is 101 Å². The van der Waals surface area contributed by atoms with Crippen molar-refractivity contribution in [2.24, 2.45) is 5.41 Å². The van der Waals surface area contributed by atoms with Crippen molar-refractivity contribution in [2.45, 2.75) is 25.7 Å². The van der Waals surface area contributed by atoms with Gasteiger partial charge in [-0.1, -0.05) is 26.8 Å². The lowest BCUT2D eigenvalue weighted by atomic mass is 9.96. The van der Waals surface area contributed by atoms with Crippen LogP contribution in [0.25, 0.3) is 22.0 Å². The summed E-state index contributed by atoms with van der Waals surface area (Å²) >= 11 is 0. The molecule has 0 radical (unpaired) electrons. The van der Waals surface area contributed by atoms with Crippen molar-refractivity contribution in [3.63, 3.8) is 0 Å². The van der Waals surface area contributed by atoms with E-state index in [-0.39, 0.29) is 17.4 Å². The molecule has 0 aliphatic heterocycles. The quantitative estimate of drug-likeness (QED) is 0.324. The molecule has 4 aromatic rings. The van der Waals surface area contributed by atoms with Crippen molar-refractivity contribution in [1.29, 1.82) is 0 Å². The van der Waals surface area contributed by atoms with Gasteiger partial charge in [0.1, 0.15) is 5.82 Å². The average Bonchev–Trinajstić information content (AvgIpc) is 2.82. The lowest BCUT2D eigenvalue weighted by Gasteiger charge is -2.16. The summed E-state index contributed by atoms with van der Waals surface area (Å²) in [5, 5.41) is 3.00. The van der Waals surface area contributed by atoms with Crippen LogP contribution < -0.4 is 10.0 Å². The van der Waals surface area contributed by atoms with Crippen LogP contribution >= 0.6 is 0 Å². The Morgan fingerprint density at radius 3 is 2.27 bits per heavy atom. The minimum Gasteiger partial charge on any atom is -0.294 e. The maximum atomic E-state index is 15.3. The number of amides is 1. The Hall–Kier alpha value is -4.06. The van der Waals surface area contributed by atoms with Gasteiger partial charge >= 0.3 is 0 Å². The molecule has 0 aliphatic carbocycles. The maximum Gasteiger partial charge on any atom is 0.262 e. The third kappa shape index (κ3) is 5.38. The molecular weight excluding hydrogens is 512 g/mol. The molecule has 0 saturated heterocycles. The average molecular weight is 533 g/mol. The van der Waals surface area contributed by atoms with E-state index in [2.05, 4.69) is 15.3 Å². The molecule has 4 rings (SSSR count). The molecule has 1 aromatic heterocycles. The zero-order valence-electron chi connectivity index (χ0n) is 19.7. The van der Waals surface area contributed by atoms with Crippen molar-refractivity contribution in [3.8, 4) is 11.1 Å². The lowest BCUT2D eigenvalue weighted by molar-refractivity contribution is -0.123. The van der Waals surface area contributed by atoms with E-state index in [1.54, 1.807) is 20.8 Å². The number of benzene rings is 3. The Labute approximate surface area is 209 Å². The summed E-state index contributed by atoms with van der Waals surface area (Å²) in [4.78, 5) is 19.8. The van der Waals surface area contributed by atoms with Gasteiger partial charge in [0.15, 0.2) is 17.5 Å². The van der Waals surface area contributed by atoms with Crippen molar-refractivity contribution >= 4 is 38.5 Å². The third-order valence-corrected chi connectivity index (χ3v) is 6.67. The number of carbonyl (C=O) groups excluding carboxylic acids is 1. The predicted octanol–water partition coefficient (Wildman–Crippen LogP) is 5.64. The van der Waals surface area contributed by atoms with E-state index in [1.165, 1.54) is 24.4 Å². The Morgan fingerprint density at radius 2 is 1.59 bits per heavy atom. The van der Waals surface area contributed by atoms with Gasteiger partial charge < -0.3 is 0 Å². The first-order valence-corrected chi connectivity index (χ1v) is 12.3. The van der Waals surface area contributed by atoms with E-state index in [9.17, 15) is 26.4 Å². The molecule has 192 valence electrons. The van der Waals surface area contributed by atoms with Gasteiger partial charge in [-0.2, -0.15) is 0 Å². The molecule has 0 saturated carbocycles. The van der Waals surface area contributed by atoms with E-state index < -0.39 is 54.9 Å². The zero-order chi connectivity index (χ0) is 27.1. The fourth-order valence-corrected chi connectivity index (χ4v) is 4.35. The highest BCUT2D eigenvalue weighted by Gasteiger charge is 2.23. The Bertz CT molecular complexity index is 1650. The van der Waals surface area contributed by atoms with Crippen LogP contribution in [-0.2, 0) is 14.8 Å². The number of rotatable bonds is 5. The molecule has 2 N–H and O–H groups in total. The monoisotopic (exact) mass is 532 g/mol. The Morgan fingerprint density at radius 1 is 0.892 bits per heavy atom. The second-order valence-electron chi connectivity index (χ2n) is 9.14. The summed E-state index contributed by atoms with van der Waals surface area (Å²) < 4.78 is 83.9. The van der Waals surface area contributed by atoms with Crippen LogP contribution in [0.3, 0.4) is 0 Å². The molecule has 3 aromatic carbocycles. The van der Waals surface area contributed by atoms with Crippen molar-refractivity contribution in [3.05, 3.63) is 78.0 Å². The van der Waals surface area contributed by atoms with Crippen molar-refractivity contribution in [2.75, 3.05) is 10.0 Å². The number of hydrogen-bond donors (Lipinski definition) is 2. The molecular formula is C25H20F4N4O3S. The highest BCUT2D eigenvalue weighted by atomic mass is 32.2. The minimum atomic E-state index is -4.52. The summed E-state index contributed by atoms with van der Waals surface area (Å²) in [5.41, 5.74) is -1.35. The van der Waals surface area contributed by atoms with E-state index in [0.29, 0.717) is 23.0 Å². The van der Waals surface area contributed by atoms with Gasteiger partial charge in [-0.15, -0.1) is 0 Å². The number of fused-ring (bicyclic) bond motifs is 1. The van der Waals surface area contributed by atoms with Gasteiger partial charge in [0, 0.05) is 17.0 Å². The van der Waals surface area contributed by atoms with Crippen LogP contribution in [0.2, 0.25) is 0 Å². The number of sulfonamides is 1. The number of anilines is 2. The van der Waals surface area contributed by atoms with E-state index >= 15 is 4.39 Å². The van der Waals surface area contributed by atoms with Gasteiger partial charge in [0.05, 0.1) is 21.7 Å². The predicted molar refractivity (Wildman–Crippen MR) is 130 cm³/mol. The lowest BCUT2D eigenvalue weighted by Crippen LogP contribution is -2.28. The molecule has 0 atom stereocenters. The third-order valence-electron chi connectivity index (χ3n) is 5.31. The van der Waals surface area contributed by atoms with Crippen LogP contribution in [0.5, 0.6) is 0 Å². The Kier molecular flexibility index (Phi) is 6.63. The number of nitrogens with zero attached hydrogens (tertiary/aromatic N) is 2. The first-order chi connectivity index (χ1) is 17.3. The summed E-state index contributed by atoms with van der Waals surface area (Å²) in [6, 6.07) is 7.86. The molecule has 0 fully saturated rings. The number of aromatic nitrogens is 2. The number of hydrogen-bond acceptors (Lipinski definition) is 5. The molecule has 0 unspecified atom stereocenters. The molecule has 0 spiro atoms. The van der Waals surface area contributed by atoms with Crippen LogP contribution in [-0.4, -0.2) is 24.3 Å². The molecule has 37 heavy (non-hydrogen) atoms. The number of halogens is 4. The first kappa shape index (κ1) is 26.0. The zero-order valence-corrected chi connectivity index (χ0v) is 20.6. The van der Waals surface area contributed by atoms with Gasteiger partial charge in [0.25, 0.3) is 10.0 Å². The molecule has 0 aliphatic rings. The largest absolute Gasteiger partial charge is 0.294 e. The van der Waals surface area contributed by atoms with E-state index in [0.717, 1.165) is 18.2 Å². The summed E-state index contributed by atoms with van der Waals surface area (Å²) in [7, 11) is -4.52. The SMILES string of the molecule is CC(C)(C)C(=O)Nc1ncc2cc(-c3c(F)ccc(NS(=O)(=O)c4ccc(F)c(F)c4)c3F)ccc2n1. The van der Waals surface area contributed by atoms with Crippen LogP contribution in [0, 0.1) is 28.7 Å². The fourth-order valence-electron chi connectivity index (χ4n) is 3.28. The summed E-state index contributed by atoms with van der Waals surface area (Å²) in [6.45, 7) is 5.18. The summed E-state index contributed by atoms with van der Waals surface area (Å²) in [6.07, 6.45) is 1.37. The molecule has 7 nitrogen and oxygen atoms in total. The van der Waals surface area contributed by atoms with Gasteiger partial charge in [0.2, 0.25) is 11.9 Å². The van der Waals surface area contributed by atoms with Gasteiger partial charge in [-0.3, -0.25) is 14.8 Å². The van der Waals surface area contributed by atoms with Crippen molar-refractivity contribution < 1.29 is 30.8 Å². The van der Waals surface area contributed by atoms with E-state index in [1.807, 2.05) is 4.72 Å². The Balaban J connectivity index is 1.69. The maximum absolute atomic E-state index is 15.3. The molecule has 1 amide bonds. The molecule has 1 heterocycles. The van der Waals surface area contributed by atoms with Gasteiger partial charge in [-0.05, 0) is 48.0 Å². The van der Waals surface area contributed by atoms with Crippen LogP contribution in [0.15, 0.2) is 59.6 Å². The molecule has 12 heteroatoms. The highest BCUT2D eigenvalue weighted by Crippen LogP contribution is 2.33. The van der Waals surface area contributed by atoms with Crippen LogP contribution in [0.1, 0.15) is 20.8 Å². The standard InChI is InChI=1S/C25H20F4N4O3S/c1-25(2,3)23(34)32-24-30-12-14-10-13(4-8-19(14)31-24)21-17(27)7-9-20(22(21)29)33-37(35,36)15-5-6-16(26)18(28)11-15/h4-12,33H,1-3H3,(H,30,31,32,34). The number of carbonyl (C=O) groups is 1. The number of nitrogens with one attached hydrogen (secondary N) is 2. The highest BCUT2D eigenvalue weighted by molar-refractivity contribution is 7.92. The van der Waals surface area contributed by atoms with Crippen molar-refractivity contribution in [1.82, 2.24) is 9.97 Å². The minimum absolute atomic E-state index is 0.0613. The first-order valence-electron chi connectivity index (χ1n) is 10.8. The smallest absolute Gasteiger partial charge is 0.262 e. The summed E-state index contributed by atoms with van der Waals surface area (Å²) in [5.74, 6) is -5.08. The second-order valence-corrected chi connectivity index (χ2v) is 10.8. The van der Waals surface area contributed by atoms with E-state index in [4.69, 9.17) is 0 Å².